The molecule has 2 atom stereocenters. The van der Waals surface area contributed by atoms with Gasteiger partial charge in [-0.15, -0.1) is 0 Å². The lowest BCUT2D eigenvalue weighted by atomic mass is 9.92. The molecule has 38 heavy (non-hydrogen) atoms. The van der Waals surface area contributed by atoms with E-state index in [0.717, 1.165) is 6.54 Å². The number of nitrogens with zero attached hydrogens (tertiary/aromatic N) is 7. The third-order valence-corrected chi connectivity index (χ3v) is 7.49. The summed E-state index contributed by atoms with van der Waals surface area (Å²) in [5.41, 5.74) is 3.06. The van der Waals surface area contributed by atoms with Gasteiger partial charge in [-0.25, -0.2) is 28.1 Å². The first-order chi connectivity index (χ1) is 18.7. The van der Waals surface area contributed by atoms with Crippen LogP contribution in [-0.2, 0) is 11.3 Å². The van der Waals surface area contributed by atoms with Gasteiger partial charge in [0.25, 0.3) is 6.43 Å². The Balaban J connectivity index is 1.39. The number of halogens is 3. The maximum atomic E-state index is 15.2. The molecule has 0 saturated carbocycles. The van der Waals surface area contributed by atoms with Gasteiger partial charge in [-0.2, -0.15) is 0 Å². The first kappa shape index (κ1) is 23.7. The highest BCUT2D eigenvalue weighted by Crippen LogP contribution is 2.29. The van der Waals surface area contributed by atoms with Crippen molar-refractivity contribution < 1.29 is 19.3 Å². The van der Waals surface area contributed by atoms with E-state index in [1.807, 2.05) is 0 Å². The molecule has 2 aliphatic rings. The van der Waals surface area contributed by atoms with E-state index < -0.39 is 25.2 Å². The molecular formula is C25H30F3N9O. The van der Waals surface area contributed by atoms with E-state index in [1.165, 1.54) is 9.08 Å². The van der Waals surface area contributed by atoms with Crippen LogP contribution in [0.5, 0.6) is 0 Å². The lowest BCUT2D eigenvalue weighted by Crippen LogP contribution is -2.64. The zero-order chi connectivity index (χ0) is 27.5. The molecule has 6 rings (SSSR count). The Morgan fingerprint density at radius 3 is 2.79 bits per heavy atom. The van der Waals surface area contributed by atoms with Crippen LogP contribution in [0, 0.1) is 6.92 Å². The second kappa shape index (κ2) is 9.38. The van der Waals surface area contributed by atoms with Gasteiger partial charge in [-0.3, -0.25) is 19.5 Å². The number of aromatic nitrogens is 6. The average Bonchev–Trinajstić information content (AvgIpc) is 3.38. The highest BCUT2D eigenvalue weighted by atomic mass is 19.3. The molecular weight excluding hydrogens is 499 g/mol. The number of aryl methyl sites for hydroxylation is 1. The van der Waals surface area contributed by atoms with Crippen LogP contribution >= 0.6 is 0 Å². The van der Waals surface area contributed by atoms with Gasteiger partial charge in [-0.05, 0) is 38.5 Å². The number of rotatable bonds is 5. The molecule has 0 unspecified atom stereocenters. The van der Waals surface area contributed by atoms with E-state index >= 15 is 4.39 Å². The second-order valence-corrected chi connectivity index (χ2v) is 10.2. The van der Waals surface area contributed by atoms with Crippen LogP contribution in [0.3, 0.4) is 0 Å². The van der Waals surface area contributed by atoms with E-state index in [0.29, 0.717) is 64.5 Å². The van der Waals surface area contributed by atoms with Crippen molar-refractivity contribution in [2.45, 2.75) is 51.0 Å². The fourth-order valence-electron chi connectivity index (χ4n) is 5.32. The number of hydrogen-bond donors (Lipinski definition) is 2. The minimum absolute atomic E-state index is 0.110. The first-order valence-corrected chi connectivity index (χ1v) is 12.6. The van der Waals surface area contributed by atoms with Gasteiger partial charge >= 0.3 is 0 Å². The molecule has 13 heteroatoms. The standard InChI is InChI=1S/C25H30F3N9O/c1-14-30-19-5-4-17(31-23(19)36(14)11-20(27)28)15-6-9-37-21(15)22(29-3)33-24(34-37)32-18-7-8-35(10-16(18)26)25(2)12-38-13-25/h4-6,9,16,18,20H,7-8,10-13H2,1-3H3,(H2,29,32,33,34)/t16-,18+/m1/s1/i9D. The molecule has 10 nitrogen and oxygen atoms in total. The zero-order valence-electron chi connectivity index (χ0n) is 22.4. The maximum Gasteiger partial charge on any atom is 0.256 e. The van der Waals surface area contributed by atoms with Crippen LogP contribution in [0.4, 0.5) is 13.2 Å². The molecule has 0 aliphatic carbocycles. The summed E-state index contributed by atoms with van der Waals surface area (Å²) in [4.78, 5) is 23.2. The quantitative estimate of drug-likeness (QED) is 0.413. The Hall–Kier alpha value is -3.45. The van der Waals surface area contributed by atoms with Crippen molar-refractivity contribution in [3.05, 3.63) is 41.3 Å². The Labute approximate surface area is 217 Å². The highest BCUT2D eigenvalue weighted by molar-refractivity contribution is 5.82. The Bertz CT molecular complexity index is 1680. The Morgan fingerprint density at radius 1 is 1.29 bits per heavy atom. The number of fused-ring (bicyclic) bond motifs is 2. The summed E-state index contributed by atoms with van der Waals surface area (Å²) < 4.78 is 58.4. The number of ether oxygens (including phenoxy) is 1. The van der Waals surface area contributed by atoms with E-state index in [9.17, 15) is 8.78 Å². The van der Waals surface area contributed by atoms with Crippen molar-refractivity contribution in [3.8, 4) is 11.3 Å². The number of pyridine rings is 1. The lowest BCUT2D eigenvalue weighted by molar-refractivity contribution is -0.142. The lowest BCUT2D eigenvalue weighted by Gasteiger charge is -2.50. The molecule has 2 aliphatic heterocycles. The van der Waals surface area contributed by atoms with Gasteiger partial charge in [0.15, 0.2) is 11.1 Å². The molecule has 2 N–H and O–H groups in total. The predicted molar refractivity (Wildman–Crippen MR) is 135 cm³/mol. The summed E-state index contributed by atoms with van der Waals surface area (Å²) in [5.74, 6) is 0.446. The molecule has 0 aromatic carbocycles. The first-order valence-electron chi connectivity index (χ1n) is 13.1. The molecule has 2 fully saturated rings. The molecule has 4 aromatic rings. The maximum absolute atomic E-state index is 15.2. The third-order valence-electron chi connectivity index (χ3n) is 7.49. The van der Waals surface area contributed by atoms with E-state index in [1.54, 1.807) is 32.2 Å². The molecule has 4 aromatic heterocycles. The predicted octanol–water partition coefficient (Wildman–Crippen LogP) is 2.21. The summed E-state index contributed by atoms with van der Waals surface area (Å²) in [6.45, 7) is 5.46. The van der Waals surface area contributed by atoms with Gasteiger partial charge < -0.3 is 14.3 Å². The van der Waals surface area contributed by atoms with Gasteiger partial charge in [0.05, 0.1) is 38.4 Å². The number of H-pyrrole nitrogens is 2. The minimum atomic E-state index is -2.55. The van der Waals surface area contributed by atoms with Crippen LogP contribution in [0.25, 0.3) is 27.9 Å². The van der Waals surface area contributed by atoms with Crippen molar-refractivity contribution in [1.29, 1.82) is 0 Å². The molecule has 0 radical (unpaired) electrons. The largest absolute Gasteiger partial charge is 0.377 e. The third kappa shape index (κ3) is 4.23. The van der Waals surface area contributed by atoms with Gasteiger partial charge in [0.2, 0.25) is 5.62 Å². The number of nitrogens with one attached hydrogen (secondary N) is 2. The molecule has 2 saturated heterocycles. The number of likely N-dealkylation sites (tertiary alicyclic amines) is 1. The fraction of sp³-hybridized carbons (Fsp3) is 0.520. The number of piperidine rings is 1. The number of alkyl halides is 3. The van der Waals surface area contributed by atoms with Crippen LogP contribution in [0.1, 0.15) is 20.5 Å². The van der Waals surface area contributed by atoms with Crippen LogP contribution in [0.15, 0.2) is 34.4 Å². The van der Waals surface area contributed by atoms with Crippen molar-refractivity contribution in [3.63, 3.8) is 0 Å². The molecule has 6 heterocycles. The topological polar surface area (TPSA) is 104 Å². The number of hydrogen-bond acceptors (Lipinski definition) is 6. The number of aromatic amines is 2. The van der Waals surface area contributed by atoms with Gasteiger partial charge in [0, 0.05) is 31.9 Å². The van der Waals surface area contributed by atoms with Gasteiger partial charge in [-0.1, -0.05) is 0 Å². The smallest absolute Gasteiger partial charge is 0.256 e. The van der Waals surface area contributed by atoms with Crippen molar-refractivity contribution >= 4 is 16.7 Å². The van der Waals surface area contributed by atoms with Crippen molar-refractivity contribution in [2.75, 3.05) is 33.4 Å². The summed E-state index contributed by atoms with van der Waals surface area (Å²) in [6.07, 6.45) is -3.04. The van der Waals surface area contributed by atoms with Crippen molar-refractivity contribution in [1.82, 2.24) is 34.0 Å². The average molecular weight is 531 g/mol. The summed E-state index contributed by atoms with van der Waals surface area (Å²) >= 11 is 0. The molecule has 0 spiro atoms. The molecule has 202 valence electrons. The van der Waals surface area contributed by atoms with Crippen LogP contribution in [0.2, 0.25) is 0 Å². The molecule has 0 amide bonds. The zero-order valence-corrected chi connectivity index (χ0v) is 21.4. The Morgan fingerprint density at radius 2 is 2.11 bits per heavy atom. The summed E-state index contributed by atoms with van der Waals surface area (Å²) in [7, 11) is 1.60. The number of imidazole rings is 1. The van der Waals surface area contributed by atoms with E-state index in [2.05, 4.69) is 41.9 Å². The fourth-order valence-corrected chi connectivity index (χ4v) is 5.32. The minimum Gasteiger partial charge on any atom is -0.377 e. The molecule has 0 bridgehead atoms. The van der Waals surface area contributed by atoms with E-state index in [4.69, 9.17) is 6.11 Å². The van der Waals surface area contributed by atoms with Crippen LogP contribution < -0.4 is 11.1 Å². The summed E-state index contributed by atoms with van der Waals surface area (Å²) in [5, 5.41) is 3.07. The van der Waals surface area contributed by atoms with Gasteiger partial charge in [0.1, 0.15) is 23.0 Å². The second-order valence-electron chi connectivity index (χ2n) is 10.2. The highest BCUT2D eigenvalue weighted by Gasteiger charge is 2.43. The normalized spacial score (nSPS) is 23.5. The summed E-state index contributed by atoms with van der Waals surface area (Å²) in [6, 6.07) is 4.53. The monoisotopic (exact) mass is 530 g/mol. The van der Waals surface area contributed by atoms with E-state index in [-0.39, 0.29) is 18.3 Å². The van der Waals surface area contributed by atoms with Crippen molar-refractivity contribution in [2.24, 2.45) is 9.98 Å². The van der Waals surface area contributed by atoms with Crippen LogP contribution in [-0.4, -0.2) is 91.6 Å². The SMILES string of the molecule is [2H]c1cc(-c2ccc3nc(C)n(CC(F)F)c3n2)c2c(=NC)[nH]c(=N[C@H]3CCN(C4(C)COC4)C[C@H]3F)[nH]n12. The Kier molecular flexibility index (Phi) is 5.84.